The Kier molecular flexibility index (Phi) is 14.1. The number of rotatable bonds is 9. The van der Waals surface area contributed by atoms with E-state index < -0.39 is 84.3 Å². The molecule has 14 nitrogen and oxygen atoms in total. The first-order chi connectivity index (χ1) is 24.8. The molecular formula is C38H52N6O8. The first kappa shape index (κ1) is 39.8. The maximum atomic E-state index is 14.3. The van der Waals surface area contributed by atoms with Gasteiger partial charge in [-0.3, -0.25) is 28.8 Å². The number of hydrogen-bond acceptors (Lipinski definition) is 8. The number of nitrogens with one attached hydrogen (secondary N) is 3. The average molecular weight is 721 g/mol. The number of carbonyl (C=O) groups is 7. The number of nitrogens with zero attached hydrogens (tertiary/aromatic N) is 3. The van der Waals surface area contributed by atoms with Crippen molar-refractivity contribution in [3.05, 3.63) is 60.2 Å². The monoisotopic (exact) mass is 720 g/mol. The van der Waals surface area contributed by atoms with Crippen molar-refractivity contribution in [3.63, 3.8) is 0 Å². The molecule has 3 heterocycles. The lowest BCUT2D eigenvalue weighted by atomic mass is 10.0. The van der Waals surface area contributed by atoms with Crippen molar-refractivity contribution in [1.82, 2.24) is 30.7 Å². The standard InChI is InChI=1S/C38H52N6O8/c1-6-7-8-9-13-18-32(45)40-28(21-27-15-11-10-12-16-27)34(47)41-29-23-52-38(51)31-20-24(2)22-44(31)35(48)25(3)39-33(46)26(4)42(5)37(50)30-17-14-19-43(30)36(29)49/h8-13,15-16,18,24-26,28-31H,6-7,14,17,19-23H2,1-5H3,(H,39,46)(H,40,45)(H,41,47)/b9-8+,18-13+/t24-,25+,26+,28+,29+,30+,31+/m1/s1. The topological polar surface area (TPSA) is 175 Å². The molecule has 3 N–H and O–H groups in total. The highest BCUT2D eigenvalue weighted by Gasteiger charge is 2.44. The summed E-state index contributed by atoms with van der Waals surface area (Å²) in [5.74, 6) is -4.19. The molecule has 4 rings (SSSR count). The Morgan fingerprint density at radius 3 is 2.42 bits per heavy atom. The molecule has 0 aromatic heterocycles. The van der Waals surface area contributed by atoms with Gasteiger partial charge in [-0.25, -0.2) is 4.79 Å². The predicted octanol–water partition coefficient (Wildman–Crippen LogP) is 1.25. The number of unbranched alkanes of at least 4 members (excludes halogenated alkanes) is 1. The van der Waals surface area contributed by atoms with Crippen LogP contribution in [0.25, 0.3) is 0 Å². The summed E-state index contributed by atoms with van der Waals surface area (Å²) in [6, 6.07) is 2.66. The first-order valence-electron chi connectivity index (χ1n) is 18.1. The number of carbonyl (C=O) groups excluding carboxylic acids is 7. The zero-order valence-corrected chi connectivity index (χ0v) is 30.7. The molecule has 14 heteroatoms. The molecule has 0 bridgehead atoms. The molecule has 282 valence electrons. The molecule has 3 aliphatic rings. The highest BCUT2D eigenvalue weighted by molar-refractivity contribution is 5.98. The fraction of sp³-hybridized carbons (Fsp3) is 0.553. The van der Waals surface area contributed by atoms with Crippen LogP contribution in [0.4, 0.5) is 0 Å². The van der Waals surface area contributed by atoms with E-state index in [-0.39, 0.29) is 25.4 Å². The van der Waals surface area contributed by atoms with Gasteiger partial charge >= 0.3 is 5.97 Å². The number of allylic oxidation sites excluding steroid dienone is 3. The van der Waals surface area contributed by atoms with Crippen molar-refractivity contribution in [2.75, 3.05) is 26.7 Å². The molecule has 1 aromatic rings. The van der Waals surface area contributed by atoms with Crippen LogP contribution in [0.2, 0.25) is 0 Å². The Hall–Kier alpha value is -5.01. The van der Waals surface area contributed by atoms with Gasteiger partial charge in [0.2, 0.25) is 35.4 Å². The van der Waals surface area contributed by atoms with E-state index in [1.165, 1.54) is 41.7 Å². The number of hydrogen-bond donors (Lipinski definition) is 3. The van der Waals surface area contributed by atoms with E-state index in [2.05, 4.69) is 16.0 Å². The Labute approximate surface area is 305 Å². The number of amides is 6. The van der Waals surface area contributed by atoms with Crippen LogP contribution in [0.15, 0.2) is 54.6 Å². The van der Waals surface area contributed by atoms with Gasteiger partial charge in [0, 0.05) is 32.6 Å². The number of ether oxygens (including phenoxy) is 1. The summed E-state index contributed by atoms with van der Waals surface area (Å²) in [5.41, 5.74) is 0.756. The van der Waals surface area contributed by atoms with Gasteiger partial charge in [-0.1, -0.05) is 68.8 Å². The van der Waals surface area contributed by atoms with Crippen molar-refractivity contribution in [2.24, 2.45) is 5.92 Å². The second-order valence-electron chi connectivity index (χ2n) is 13.9. The number of likely N-dealkylation sites (N-methyl/N-ethyl adjacent to an activating group) is 1. The van der Waals surface area contributed by atoms with Crippen molar-refractivity contribution in [1.29, 1.82) is 0 Å². The van der Waals surface area contributed by atoms with Crippen molar-refractivity contribution in [2.45, 2.75) is 102 Å². The van der Waals surface area contributed by atoms with Crippen LogP contribution in [-0.2, 0) is 44.7 Å². The summed E-state index contributed by atoms with van der Waals surface area (Å²) in [7, 11) is 1.47. The van der Waals surface area contributed by atoms with Crippen LogP contribution in [0, 0.1) is 5.92 Å². The van der Waals surface area contributed by atoms with E-state index in [9.17, 15) is 33.6 Å². The third-order valence-corrected chi connectivity index (χ3v) is 9.80. The molecule has 1 aromatic carbocycles. The van der Waals surface area contributed by atoms with E-state index >= 15 is 0 Å². The summed E-state index contributed by atoms with van der Waals surface area (Å²) in [4.78, 5) is 99.2. The zero-order valence-electron chi connectivity index (χ0n) is 30.7. The van der Waals surface area contributed by atoms with Gasteiger partial charge in [0.15, 0.2) is 0 Å². The van der Waals surface area contributed by atoms with E-state index in [4.69, 9.17) is 4.74 Å². The Morgan fingerprint density at radius 1 is 0.981 bits per heavy atom. The fourth-order valence-electron chi connectivity index (χ4n) is 6.72. The molecule has 0 unspecified atom stereocenters. The molecule has 3 aliphatic heterocycles. The molecule has 3 fully saturated rings. The van der Waals surface area contributed by atoms with Crippen molar-refractivity contribution < 1.29 is 38.3 Å². The maximum absolute atomic E-state index is 14.3. The Balaban J connectivity index is 1.65. The SMILES string of the molecule is CCC/C=C/C=C/C(=O)N[C@@H](Cc1ccccc1)C(=O)N[C@H]1COC(=O)[C@@H]2C[C@@H](C)CN2C(=O)[C@H](C)NC(=O)[C@H](C)N(C)C(=O)[C@@H]2CCCN2C1=O. The number of fused-ring (bicyclic) bond motifs is 2. The highest BCUT2D eigenvalue weighted by Crippen LogP contribution is 2.26. The summed E-state index contributed by atoms with van der Waals surface area (Å²) in [5, 5.41) is 8.11. The smallest absolute Gasteiger partial charge is 0.328 e. The van der Waals surface area contributed by atoms with E-state index in [0.29, 0.717) is 19.3 Å². The largest absolute Gasteiger partial charge is 0.461 e. The van der Waals surface area contributed by atoms with Gasteiger partial charge in [0.1, 0.15) is 42.9 Å². The third-order valence-electron chi connectivity index (χ3n) is 9.80. The average Bonchev–Trinajstić information content (AvgIpc) is 3.78. The lowest BCUT2D eigenvalue weighted by Crippen LogP contribution is -2.60. The van der Waals surface area contributed by atoms with Crippen LogP contribution in [-0.4, -0.2) is 119 Å². The minimum Gasteiger partial charge on any atom is -0.461 e. The van der Waals surface area contributed by atoms with Crippen molar-refractivity contribution >= 4 is 41.4 Å². The summed E-state index contributed by atoms with van der Waals surface area (Å²) < 4.78 is 5.69. The molecule has 52 heavy (non-hydrogen) atoms. The van der Waals surface area contributed by atoms with Gasteiger partial charge in [0.05, 0.1) is 0 Å². The predicted molar refractivity (Wildman–Crippen MR) is 192 cm³/mol. The Morgan fingerprint density at radius 2 is 1.71 bits per heavy atom. The molecule has 0 saturated carbocycles. The summed E-state index contributed by atoms with van der Waals surface area (Å²) in [6.45, 7) is 6.87. The highest BCUT2D eigenvalue weighted by atomic mass is 16.5. The van der Waals surface area contributed by atoms with Gasteiger partial charge in [-0.2, -0.15) is 0 Å². The number of esters is 1. The molecule has 3 saturated heterocycles. The third kappa shape index (κ3) is 10.1. The van der Waals surface area contributed by atoms with Gasteiger partial charge < -0.3 is 35.4 Å². The zero-order chi connectivity index (χ0) is 37.9. The van der Waals surface area contributed by atoms with Crippen LogP contribution >= 0.6 is 0 Å². The van der Waals surface area contributed by atoms with Crippen LogP contribution in [0.3, 0.4) is 0 Å². The Bertz CT molecular complexity index is 1550. The lowest BCUT2D eigenvalue weighted by molar-refractivity contribution is -0.158. The van der Waals surface area contributed by atoms with Crippen LogP contribution in [0.1, 0.15) is 65.4 Å². The molecule has 0 radical (unpaired) electrons. The second-order valence-corrected chi connectivity index (χ2v) is 13.9. The summed E-state index contributed by atoms with van der Waals surface area (Å²) >= 11 is 0. The van der Waals surface area contributed by atoms with Gasteiger partial charge in [0.25, 0.3) is 0 Å². The van der Waals surface area contributed by atoms with E-state index in [0.717, 1.165) is 18.4 Å². The molecule has 6 amide bonds. The summed E-state index contributed by atoms with van der Waals surface area (Å²) in [6.07, 6.45) is 9.60. The van der Waals surface area contributed by atoms with E-state index in [1.54, 1.807) is 24.3 Å². The van der Waals surface area contributed by atoms with Gasteiger partial charge in [-0.15, -0.1) is 0 Å². The molecule has 0 aliphatic carbocycles. The fourth-order valence-corrected chi connectivity index (χ4v) is 6.72. The van der Waals surface area contributed by atoms with Gasteiger partial charge in [-0.05, 0) is 51.0 Å². The molecular weight excluding hydrogens is 668 g/mol. The maximum Gasteiger partial charge on any atom is 0.328 e. The lowest BCUT2D eigenvalue weighted by Gasteiger charge is -2.34. The first-order valence-corrected chi connectivity index (χ1v) is 18.1. The minimum atomic E-state index is -1.42. The van der Waals surface area contributed by atoms with Crippen LogP contribution < -0.4 is 16.0 Å². The van der Waals surface area contributed by atoms with Crippen LogP contribution in [0.5, 0.6) is 0 Å². The number of cyclic esters (lactones) is 1. The number of benzene rings is 1. The normalized spacial score (nSPS) is 27.0. The van der Waals surface area contributed by atoms with E-state index in [1.807, 2.05) is 38.1 Å². The van der Waals surface area contributed by atoms with Crippen molar-refractivity contribution in [3.8, 4) is 0 Å². The molecule has 7 atom stereocenters. The second kappa shape index (κ2) is 18.5. The molecule has 0 spiro atoms. The quantitative estimate of drug-likeness (QED) is 0.194. The minimum absolute atomic E-state index is 0.0461.